The molecule has 0 bridgehead atoms. The minimum Gasteiger partial charge on any atom is -0.379 e. The first-order valence-electron chi connectivity index (χ1n) is 7.96. The Labute approximate surface area is 132 Å². The van der Waals surface area contributed by atoms with Crippen molar-refractivity contribution in [1.82, 2.24) is 0 Å². The van der Waals surface area contributed by atoms with E-state index in [2.05, 4.69) is 33.3 Å². The summed E-state index contributed by atoms with van der Waals surface area (Å²) < 4.78 is 5.44. The third kappa shape index (κ3) is 7.69. The zero-order valence-corrected chi connectivity index (χ0v) is 14.8. The van der Waals surface area contributed by atoms with Gasteiger partial charge < -0.3 is 9.84 Å². The van der Waals surface area contributed by atoms with Crippen LogP contribution in [0.5, 0.6) is 0 Å². The van der Waals surface area contributed by atoms with Crippen LogP contribution in [0.2, 0.25) is 0 Å². The van der Waals surface area contributed by atoms with Gasteiger partial charge in [0.1, 0.15) is 5.60 Å². The zero-order chi connectivity index (χ0) is 16.7. The van der Waals surface area contributed by atoms with Gasteiger partial charge in [0.2, 0.25) is 0 Å². The minimum absolute atomic E-state index is 0.0274. The molecule has 0 aromatic heterocycles. The fraction of sp³-hybridized carbons (Fsp3) is 0.789. The van der Waals surface area contributed by atoms with Gasteiger partial charge in [0, 0.05) is 13.0 Å². The number of hydrogen-bond donors (Lipinski definition) is 1. The predicted octanol–water partition coefficient (Wildman–Crippen LogP) is 4.57. The van der Waals surface area contributed by atoms with Crippen LogP contribution >= 0.6 is 0 Å². The molecule has 0 saturated heterocycles. The Kier molecular flexibility index (Phi) is 8.29. The van der Waals surface area contributed by atoms with Gasteiger partial charge in [-0.3, -0.25) is 0 Å². The molecular formula is C19H34O2. The van der Waals surface area contributed by atoms with E-state index >= 15 is 0 Å². The highest BCUT2D eigenvalue weighted by atomic mass is 16.5. The van der Waals surface area contributed by atoms with E-state index in [0.717, 1.165) is 31.3 Å². The second-order valence-corrected chi connectivity index (χ2v) is 7.23. The van der Waals surface area contributed by atoms with Crippen LogP contribution in [0.4, 0.5) is 0 Å². The van der Waals surface area contributed by atoms with Gasteiger partial charge in [-0.15, -0.1) is 6.42 Å². The Bertz CT molecular complexity index is 360. The lowest BCUT2D eigenvalue weighted by atomic mass is 9.79. The molecule has 2 heteroatoms. The lowest BCUT2D eigenvalue weighted by molar-refractivity contribution is 0.0125. The summed E-state index contributed by atoms with van der Waals surface area (Å²) in [5.74, 6) is 3.09. The van der Waals surface area contributed by atoms with Crippen molar-refractivity contribution in [2.24, 2.45) is 11.8 Å². The minimum atomic E-state index is -1.09. The summed E-state index contributed by atoms with van der Waals surface area (Å²) in [6.45, 7) is 14.1. The topological polar surface area (TPSA) is 29.5 Å². The van der Waals surface area contributed by atoms with Crippen LogP contribution in [0, 0.1) is 24.2 Å². The van der Waals surface area contributed by atoms with Gasteiger partial charge in [0.15, 0.2) is 0 Å². The maximum Gasteiger partial charge on any atom is 0.128 e. The first kappa shape index (κ1) is 20.2. The van der Waals surface area contributed by atoms with Gasteiger partial charge in [0.25, 0.3) is 0 Å². The van der Waals surface area contributed by atoms with Gasteiger partial charge in [-0.05, 0) is 52.9 Å². The Morgan fingerprint density at radius 2 is 1.86 bits per heavy atom. The van der Waals surface area contributed by atoms with E-state index < -0.39 is 5.60 Å². The fourth-order valence-electron chi connectivity index (χ4n) is 2.68. The molecule has 3 atom stereocenters. The van der Waals surface area contributed by atoms with Crippen molar-refractivity contribution in [3.63, 3.8) is 0 Å². The molecule has 0 rings (SSSR count). The highest BCUT2D eigenvalue weighted by Crippen LogP contribution is 2.30. The Morgan fingerprint density at radius 1 is 1.29 bits per heavy atom. The van der Waals surface area contributed by atoms with Crippen LogP contribution in [-0.4, -0.2) is 23.4 Å². The number of aliphatic hydroxyl groups is 1. The van der Waals surface area contributed by atoms with Gasteiger partial charge in [-0.1, -0.05) is 37.8 Å². The van der Waals surface area contributed by atoms with Crippen molar-refractivity contribution in [3.8, 4) is 12.3 Å². The van der Waals surface area contributed by atoms with Crippen LogP contribution in [0.1, 0.15) is 66.7 Å². The third-order valence-corrected chi connectivity index (χ3v) is 4.54. The monoisotopic (exact) mass is 294 g/mol. The first-order valence-corrected chi connectivity index (χ1v) is 7.96. The predicted molar refractivity (Wildman–Crippen MR) is 91.1 cm³/mol. The molecule has 3 unspecified atom stereocenters. The smallest absolute Gasteiger partial charge is 0.128 e. The molecule has 2 nitrogen and oxygen atoms in total. The van der Waals surface area contributed by atoms with E-state index in [4.69, 9.17) is 11.2 Å². The summed E-state index contributed by atoms with van der Waals surface area (Å²) in [6, 6.07) is 0. The molecule has 0 amide bonds. The number of rotatable bonds is 10. The number of ether oxygens (including phenoxy) is 1. The summed E-state index contributed by atoms with van der Waals surface area (Å²) >= 11 is 0. The molecular weight excluding hydrogens is 260 g/mol. The summed E-state index contributed by atoms with van der Waals surface area (Å²) in [5, 5.41) is 10.3. The molecule has 1 N–H and O–H groups in total. The lowest BCUT2D eigenvalue weighted by Crippen LogP contribution is -2.33. The summed E-state index contributed by atoms with van der Waals surface area (Å²) in [4.78, 5) is 0. The SMILES string of the molecule is C#CC(C)(O)C(CCC(C)CCCC(C)(C)OC)C(=C)C. The Morgan fingerprint density at radius 3 is 2.29 bits per heavy atom. The van der Waals surface area contributed by atoms with E-state index in [0.29, 0.717) is 5.92 Å². The molecule has 0 aliphatic rings. The van der Waals surface area contributed by atoms with Crippen molar-refractivity contribution < 1.29 is 9.84 Å². The van der Waals surface area contributed by atoms with Gasteiger partial charge in [0.05, 0.1) is 5.60 Å². The summed E-state index contributed by atoms with van der Waals surface area (Å²) in [7, 11) is 1.77. The molecule has 0 aromatic carbocycles. The highest BCUT2D eigenvalue weighted by molar-refractivity contribution is 5.16. The number of terminal acetylenes is 1. The quantitative estimate of drug-likeness (QED) is 0.472. The normalized spacial score (nSPS) is 17.6. The van der Waals surface area contributed by atoms with Crippen molar-refractivity contribution in [2.45, 2.75) is 77.9 Å². The van der Waals surface area contributed by atoms with E-state index in [1.54, 1.807) is 14.0 Å². The van der Waals surface area contributed by atoms with Crippen molar-refractivity contribution in [1.29, 1.82) is 0 Å². The van der Waals surface area contributed by atoms with Gasteiger partial charge in [-0.25, -0.2) is 0 Å². The first-order chi connectivity index (χ1) is 9.55. The highest BCUT2D eigenvalue weighted by Gasteiger charge is 2.30. The molecule has 21 heavy (non-hydrogen) atoms. The van der Waals surface area contributed by atoms with E-state index in [1.165, 1.54) is 6.42 Å². The van der Waals surface area contributed by atoms with Gasteiger partial charge >= 0.3 is 0 Å². The van der Waals surface area contributed by atoms with Crippen LogP contribution in [-0.2, 0) is 4.74 Å². The molecule has 122 valence electrons. The van der Waals surface area contributed by atoms with E-state index in [-0.39, 0.29) is 11.5 Å². The van der Waals surface area contributed by atoms with Gasteiger partial charge in [-0.2, -0.15) is 0 Å². The van der Waals surface area contributed by atoms with Crippen LogP contribution in [0.3, 0.4) is 0 Å². The largest absolute Gasteiger partial charge is 0.379 e. The van der Waals surface area contributed by atoms with Crippen molar-refractivity contribution in [3.05, 3.63) is 12.2 Å². The fourth-order valence-corrected chi connectivity index (χ4v) is 2.68. The zero-order valence-electron chi connectivity index (χ0n) is 14.8. The van der Waals surface area contributed by atoms with Crippen molar-refractivity contribution in [2.75, 3.05) is 7.11 Å². The van der Waals surface area contributed by atoms with Crippen molar-refractivity contribution >= 4 is 0 Å². The Hall–Kier alpha value is -0.780. The summed E-state index contributed by atoms with van der Waals surface area (Å²) in [5.41, 5.74) is -0.165. The maximum absolute atomic E-state index is 10.3. The third-order valence-electron chi connectivity index (χ3n) is 4.54. The van der Waals surface area contributed by atoms with E-state index in [9.17, 15) is 5.11 Å². The average molecular weight is 294 g/mol. The van der Waals surface area contributed by atoms with E-state index in [1.807, 2.05) is 6.92 Å². The molecule has 0 aliphatic carbocycles. The molecule has 0 spiro atoms. The molecule has 0 aliphatic heterocycles. The number of hydrogen-bond acceptors (Lipinski definition) is 2. The molecule has 0 saturated carbocycles. The van der Waals surface area contributed by atoms with Crippen LogP contribution in [0.15, 0.2) is 12.2 Å². The molecule has 0 heterocycles. The summed E-state index contributed by atoms with van der Waals surface area (Å²) in [6.07, 6.45) is 10.8. The molecule has 0 radical (unpaired) electrons. The number of methoxy groups -OCH3 is 1. The van der Waals surface area contributed by atoms with Crippen LogP contribution < -0.4 is 0 Å². The lowest BCUT2D eigenvalue weighted by Gasteiger charge is -2.30. The van der Waals surface area contributed by atoms with Crippen LogP contribution in [0.25, 0.3) is 0 Å². The Balaban J connectivity index is 4.25. The molecule has 0 fully saturated rings. The second-order valence-electron chi connectivity index (χ2n) is 7.23. The second kappa shape index (κ2) is 8.61. The average Bonchev–Trinajstić information content (AvgIpc) is 2.38. The maximum atomic E-state index is 10.3. The molecule has 0 aromatic rings. The standard InChI is InChI=1S/C19H34O2/c1-9-19(7,20)17(15(2)3)13-12-16(4)11-10-14-18(5,6)21-8/h1,16-17,20H,2,10-14H2,3-8H3.